The van der Waals surface area contributed by atoms with Crippen molar-refractivity contribution in [1.29, 1.82) is 0 Å². The zero-order valence-corrected chi connectivity index (χ0v) is 15.6. The second-order valence-electron chi connectivity index (χ2n) is 7.96. The molecule has 2 heteroatoms. The Kier molecular flexibility index (Phi) is 8.26. The van der Waals surface area contributed by atoms with Gasteiger partial charge in [0.15, 0.2) is 0 Å². The van der Waals surface area contributed by atoms with Crippen molar-refractivity contribution in [2.75, 3.05) is 39.3 Å². The molecule has 0 N–H and O–H groups in total. The Balaban J connectivity index is 0.00000106. The van der Waals surface area contributed by atoms with Crippen molar-refractivity contribution in [3.8, 4) is 0 Å². The molecule has 21 heavy (non-hydrogen) atoms. The molecule has 0 aromatic heterocycles. The van der Waals surface area contributed by atoms with Crippen molar-refractivity contribution < 1.29 is 0 Å². The van der Waals surface area contributed by atoms with E-state index in [1.165, 1.54) is 65.0 Å². The van der Waals surface area contributed by atoms with E-state index in [2.05, 4.69) is 37.5 Å². The van der Waals surface area contributed by atoms with Crippen LogP contribution in [0.2, 0.25) is 0 Å². The van der Waals surface area contributed by atoms with Crippen LogP contribution in [0.1, 0.15) is 67.2 Å². The first-order valence-corrected chi connectivity index (χ1v) is 9.41. The molecule has 0 aromatic rings. The van der Waals surface area contributed by atoms with E-state index in [0.29, 0.717) is 5.41 Å². The van der Waals surface area contributed by atoms with Crippen molar-refractivity contribution in [3.05, 3.63) is 0 Å². The van der Waals surface area contributed by atoms with Gasteiger partial charge in [-0.1, -0.05) is 41.5 Å². The molecular formula is C19H40N2. The summed E-state index contributed by atoms with van der Waals surface area (Å²) in [5.41, 5.74) is 0.577. The molecule has 2 aliphatic rings. The average molecular weight is 297 g/mol. The molecule has 0 saturated carbocycles. The molecule has 126 valence electrons. The zero-order chi connectivity index (χ0) is 15.9. The van der Waals surface area contributed by atoms with Crippen molar-refractivity contribution in [1.82, 2.24) is 9.80 Å². The van der Waals surface area contributed by atoms with Gasteiger partial charge in [-0.05, 0) is 69.1 Å². The summed E-state index contributed by atoms with van der Waals surface area (Å²) in [6.07, 6.45) is 5.61. The maximum Gasteiger partial charge on any atom is 0.00363 e. The van der Waals surface area contributed by atoms with Gasteiger partial charge in [-0.3, -0.25) is 0 Å². The van der Waals surface area contributed by atoms with Gasteiger partial charge in [0.2, 0.25) is 0 Å². The molecule has 2 nitrogen and oxygen atoms in total. The summed E-state index contributed by atoms with van der Waals surface area (Å²) in [6.45, 7) is 21.6. The summed E-state index contributed by atoms with van der Waals surface area (Å²) in [4.78, 5) is 5.41. The third-order valence-corrected chi connectivity index (χ3v) is 5.17. The molecule has 2 heterocycles. The van der Waals surface area contributed by atoms with Gasteiger partial charge in [0, 0.05) is 13.1 Å². The van der Waals surface area contributed by atoms with Crippen LogP contribution < -0.4 is 0 Å². The van der Waals surface area contributed by atoms with E-state index < -0.39 is 0 Å². The summed E-state index contributed by atoms with van der Waals surface area (Å²) in [7, 11) is 0. The predicted molar refractivity (Wildman–Crippen MR) is 94.8 cm³/mol. The lowest BCUT2D eigenvalue weighted by Gasteiger charge is -2.44. The van der Waals surface area contributed by atoms with E-state index >= 15 is 0 Å². The number of hydrogen-bond donors (Lipinski definition) is 0. The Bertz CT molecular complexity index is 259. The summed E-state index contributed by atoms with van der Waals surface area (Å²) in [5.74, 6) is 1.77. The predicted octanol–water partition coefficient (Wildman–Crippen LogP) is 4.50. The highest BCUT2D eigenvalue weighted by Crippen LogP contribution is 2.33. The lowest BCUT2D eigenvalue weighted by molar-refractivity contribution is 0.0570. The normalized spacial score (nSPS) is 24.7. The topological polar surface area (TPSA) is 6.48 Å². The van der Waals surface area contributed by atoms with Crippen molar-refractivity contribution in [2.24, 2.45) is 17.3 Å². The second kappa shape index (κ2) is 9.15. The molecule has 0 aliphatic carbocycles. The van der Waals surface area contributed by atoms with Gasteiger partial charge in [0.1, 0.15) is 0 Å². The van der Waals surface area contributed by atoms with Gasteiger partial charge in [-0.2, -0.15) is 0 Å². The molecule has 0 radical (unpaired) electrons. The molecule has 2 aliphatic heterocycles. The minimum atomic E-state index is 0.577. The molecule has 2 rings (SSSR count). The maximum absolute atomic E-state index is 2.73. The standard InChI is InChI=1S/C17H34N2.C2H6/c1-15(2)13-18-11-7-17(4,8-12-18)14-19-9-5-16(3)6-10-19;1-2/h15-16H,5-14H2,1-4H3;1-2H3. The van der Waals surface area contributed by atoms with Crippen LogP contribution >= 0.6 is 0 Å². The quantitative estimate of drug-likeness (QED) is 0.753. The van der Waals surface area contributed by atoms with Gasteiger partial charge in [0.05, 0.1) is 0 Å². The minimum Gasteiger partial charge on any atom is -0.303 e. The molecule has 0 spiro atoms. The Morgan fingerprint density at radius 3 is 1.95 bits per heavy atom. The van der Waals surface area contributed by atoms with Gasteiger partial charge in [0.25, 0.3) is 0 Å². The van der Waals surface area contributed by atoms with Gasteiger partial charge in [-0.15, -0.1) is 0 Å². The summed E-state index contributed by atoms with van der Waals surface area (Å²) >= 11 is 0. The van der Waals surface area contributed by atoms with Crippen LogP contribution in [-0.4, -0.2) is 49.1 Å². The number of nitrogens with zero attached hydrogens (tertiary/aromatic N) is 2. The zero-order valence-electron chi connectivity index (χ0n) is 15.6. The highest BCUT2D eigenvalue weighted by atomic mass is 15.2. The molecule has 0 atom stereocenters. The van der Waals surface area contributed by atoms with E-state index in [-0.39, 0.29) is 0 Å². The average Bonchev–Trinajstić information content (AvgIpc) is 2.46. The van der Waals surface area contributed by atoms with Crippen molar-refractivity contribution >= 4 is 0 Å². The SMILES string of the molecule is CC.CC(C)CN1CCC(C)(CN2CCC(C)CC2)CC1. The summed E-state index contributed by atoms with van der Waals surface area (Å²) in [5, 5.41) is 0. The van der Waals surface area contributed by atoms with E-state index in [0.717, 1.165) is 11.8 Å². The largest absolute Gasteiger partial charge is 0.303 e. The first-order chi connectivity index (χ1) is 9.97. The second-order valence-corrected chi connectivity index (χ2v) is 7.96. The third-order valence-electron chi connectivity index (χ3n) is 5.17. The van der Waals surface area contributed by atoms with Gasteiger partial charge in [-0.25, -0.2) is 0 Å². The summed E-state index contributed by atoms with van der Waals surface area (Å²) < 4.78 is 0. The molecule has 2 saturated heterocycles. The number of hydrogen-bond acceptors (Lipinski definition) is 2. The number of rotatable bonds is 4. The van der Waals surface area contributed by atoms with Crippen LogP contribution in [-0.2, 0) is 0 Å². The Hall–Kier alpha value is -0.0800. The van der Waals surface area contributed by atoms with Crippen LogP contribution in [0.3, 0.4) is 0 Å². The van der Waals surface area contributed by atoms with Crippen LogP contribution in [0.5, 0.6) is 0 Å². The van der Waals surface area contributed by atoms with Gasteiger partial charge >= 0.3 is 0 Å². The number of piperidine rings is 2. The molecular weight excluding hydrogens is 256 g/mol. The maximum atomic E-state index is 2.73. The van der Waals surface area contributed by atoms with E-state index in [9.17, 15) is 0 Å². The monoisotopic (exact) mass is 296 g/mol. The smallest absolute Gasteiger partial charge is 0.00363 e. The Labute approximate surface area is 134 Å². The Morgan fingerprint density at radius 2 is 1.48 bits per heavy atom. The molecule has 0 aromatic carbocycles. The highest BCUT2D eigenvalue weighted by Gasteiger charge is 2.32. The van der Waals surface area contributed by atoms with Crippen LogP contribution in [0, 0.1) is 17.3 Å². The molecule has 0 unspecified atom stereocenters. The fourth-order valence-electron chi connectivity index (χ4n) is 3.71. The lowest BCUT2D eigenvalue weighted by Crippen LogP contribution is -2.47. The first kappa shape index (κ1) is 19.0. The van der Waals surface area contributed by atoms with Crippen LogP contribution in [0.4, 0.5) is 0 Å². The van der Waals surface area contributed by atoms with E-state index in [4.69, 9.17) is 0 Å². The minimum absolute atomic E-state index is 0.577. The number of likely N-dealkylation sites (tertiary alicyclic amines) is 2. The fourth-order valence-corrected chi connectivity index (χ4v) is 3.71. The molecule has 0 bridgehead atoms. The van der Waals surface area contributed by atoms with Crippen LogP contribution in [0.25, 0.3) is 0 Å². The Morgan fingerprint density at radius 1 is 0.952 bits per heavy atom. The summed E-state index contributed by atoms with van der Waals surface area (Å²) in [6, 6.07) is 0. The van der Waals surface area contributed by atoms with Crippen molar-refractivity contribution in [2.45, 2.75) is 67.2 Å². The fraction of sp³-hybridized carbons (Fsp3) is 1.00. The third kappa shape index (κ3) is 6.69. The highest BCUT2D eigenvalue weighted by molar-refractivity contribution is 4.86. The van der Waals surface area contributed by atoms with E-state index in [1.807, 2.05) is 13.8 Å². The van der Waals surface area contributed by atoms with Crippen LogP contribution in [0.15, 0.2) is 0 Å². The molecule has 2 fully saturated rings. The van der Waals surface area contributed by atoms with E-state index in [1.54, 1.807) is 0 Å². The first-order valence-electron chi connectivity index (χ1n) is 9.41. The van der Waals surface area contributed by atoms with Gasteiger partial charge < -0.3 is 9.80 Å². The van der Waals surface area contributed by atoms with Crippen molar-refractivity contribution in [3.63, 3.8) is 0 Å². The molecule has 0 amide bonds. The lowest BCUT2D eigenvalue weighted by atomic mass is 9.79.